The lowest BCUT2D eigenvalue weighted by Crippen LogP contribution is -2.13. The van der Waals surface area contributed by atoms with Crippen molar-refractivity contribution in [1.82, 2.24) is 5.32 Å². The number of benzene rings is 1. The van der Waals surface area contributed by atoms with Crippen molar-refractivity contribution in [2.24, 2.45) is 5.92 Å². The molecule has 0 bridgehead atoms. The van der Waals surface area contributed by atoms with E-state index in [1.54, 1.807) is 0 Å². The van der Waals surface area contributed by atoms with Gasteiger partial charge in [0.05, 0.1) is 10.0 Å². The lowest BCUT2D eigenvalue weighted by atomic mass is 10.0. The Bertz CT molecular complexity index is 338. The topological polar surface area (TPSA) is 12.0 Å². The van der Waals surface area contributed by atoms with E-state index in [9.17, 15) is 0 Å². The molecule has 1 aromatic carbocycles. The van der Waals surface area contributed by atoms with Crippen molar-refractivity contribution < 1.29 is 0 Å². The highest BCUT2D eigenvalue weighted by molar-refractivity contribution is 6.42. The molecule has 1 fully saturated rings. The van der Waals surface area contributed by atoms with Gasteiger partial charge in [-0.25, -0.2) is 0 Å². The van der Waals surface area contributed by atoms with Gasteiger partial charge in [0, 0.05) is 6.04 Å². The molecule has 0 aliphatic carbocycles. The minimum Gasteiger partial charge on any atom is -0.310 e. The van der Waals surface area contributed by atoms with Crippen LogP contribution in [0.15, 0.2) is 18.2 Å². The van der Waals surface area contributed by atoms with Crippen LogP contribution in [-0.2, 0) is 0 Å². The molecule has 1 aromatic rings. The van der Waals surface area contributed by atoms with Crippen LogP contribution in [0.2, 0.25) is 10.0 Å². The Hall–Kier alpha value is -0.240. The molecular formula is C11H13Cl2N. The first-order chi connectivity index (χ1) is 6.68. The van der Waals surface area contributed by atoms with Crippen LogP contribution in [0.4, 0.5) is 0 Å². The Kier molecular flexibility index (Phi) is 3.01. The lowest BCUT2D eigenvalue weighted by Gasteiger charge is -2.13. The van der Waals surface area contributed by atoms with Crippen LogP contribution in [0.1, 0.15) is 24.9 Å². The first-order valence-corrected chi connectivity index (χ1v) is 5.61. The maximum absolute atomic E-state index is 6.15. The van der Waals surface area contributed by atoms with E-state index in [0.717, 1.165) is 24.4 Å². The Morgan fingerprint density at radius 3 is 2.79 bits per heavy atom. The quantitative estimate of drug-likeness (QED) is 0.776. The Morgan fingerprint density at radius 1 is 1.36 bits per heavy atom. The number of hydrogen-bond donors (Lipinski definition) is 1. The minimum atomic E-state index is 0.371. The van der Waals surface area contributed by atoms with E-state index in [1.807, 2.05) is 18.2 Å². The van der Waals surface area contributed by atoms with E-state index in [4.69, 9.17) is 23.2 Å². The predicted octanol–water partition coefficient (Wildman–Crippen LogP) is 3.66. The molecule has 0 radical (unpaired) electrons. The molecular weight excluding hydrogens is 217 g/mol. The highest BCUT2D eigenvalue weighted by atomic mass is 35.5. The summed E-state index contributed by atoms with van der Waals surface area (Å²) in [6.45, 7) is 3.30. The standard InChI is InChI=1S/C11H13Cl2N/c1-7-5-10(14-6-7)8-3-2-4-9(12)11(8)13/h2-4,7,10,14H,5-6H2,1H3/t7-,10-/m0/s1. The zero-order valence-corrected chi connectivity index (χ0v) is 9.57. The first-order valence-electron chi connectivity index (χ1n) is 4.85. The van der Waals surface area contributed by atoms with E-state index in [2.05, 4.69) is 12.2 Å². The molecule has 0 aromatic heterocycles. The Morgan fingerprint density at radius 2 is 2.14 bits per heavy atom. The normalized spacial score (nSPS) is 26.8. The smallest absolute Gasteiger partial charge is 0.0640 e. The molecule has 2 rings (SSSR count). The van der Waals surface area contributed by atoms with Crippen molar-refractivity contribution in [3.8, 4) is 0 Å². The van der Waals surface area contributed by atoms with Crippen LogP contribution in [0, 0.1) is 5.92 Å². The van der Waals surface area contributed by atoms with Crippen molar-refractivity contribution in [1.29, 1.82) is 0 Å². The summed E-state index contributed by atoms with van der Waals surface area (Å²) in [6, 6.07) is 6.19. The SMILES string of the molecule is C[C@@H]1CN[C@H](c2cccc(Cl)c2Cl)C1. The fourth-order valence-corrected chi connectivity index (χ4v) is 2.38. The number of halogens is 2. The molecule has 76 valence electrons. The van der Waals surface area contributed by atoms with Crippen LogP contribution >= 0.6 is 23.2 Å². The molecule has 1 N–H and O–H groups in total. The molecule has 2 atom stereocenters. The number of rotatable bonds is 1. The summed E-state index contributed by atoms with van der Waals surface area (Å²) >= 11 is 12.1. The molecule has 1 aliphatic heterocycles. The molecule has 1 aliphatic rings. The summed E-state index contributed by atoms with van der Waals surface area (Å²) < 4.78 is 0. The molecule has 0 saturated carbocycles. The zero-order chi connectivity index (χ0) is 10.1. The molecule has 0 spiro atoms. The van der Waals surface area contributed by atoms with E-state index < -0.39 is 0 Å². The Balaban J connectivity index is 2.28. The van der Waals surface area contributed by atoms with Crippen molar-refractivity contribution in [3.05, 3.63) is 33.8 Å². The van der Waals surface area contributed by atoms with Gasteiger partial charge in [-0.05, 0) is 30.5 Å². The largest absolute Gasteiger partial charge is 0.310 e. The summed E-state index contributed by atoms with van der Waals surface area (Å²) in [6.07, 6.45) is 1.14. The van der Waals surface area contributed by atoms with Gasteiger partial charge in [0.2, 0.25) is 0 Å². The highest BCUT2D eigenvalue weighted by Gasteiger charge is 2.24. The monoisotopic (exact) mass is 229 g/mol. The molecule has 3 heteroatoms. The summed E-state index contributed by atoms with van der Waals surface area (Å²) in [5.41, 5.74) is 1.13. The summed E-state index contributed by atoms with van der Waals surface area (Å²) in [4.78, 5) is 0. The van der Waals surface area contributed by atoms with Gasteiger partial charge in [0.1, 0.15) is 0 Å². The van der Waals surface area contributed by atoms with Gasteiger partial charge in [-0.3, -0.25) is 0 Å². The van der Waals surface area contributed by atoms with Gasteiger partial charge in [-0.1, -0.05) is 42.3 Å². The Labute approximate surface area is 94.4 Å². The van der Waals surface area contributed by atoms with E-state index in [-0.39, 0.29) is 0 Å². The van der Waals surface area contributed by atoms with Crippen LogP contribution < -0.4 is 5.32 Å². The number of nitrogens with one attached hydrogen (secondary N) is 1. The van der Waals surface area contributed by atoms with E-state index in [1.165, 1.54) is 0 Å². The second kappa shape index (κ2) is 4.09. The third kappa shape index (κ3) is 1.90. The van der Waals surface area contributed by atoms with Gasteiger partial charge >= 0.3 is 0 Å². The third-order valence-electron chi connectivity index (χ3n) is 2.71. The van der Waals surface area contributed by atoms with Crippen LogP contribution in [0.25, 0.3) is 0 Å². The van der Waals surface area contributed by atoms with Crippen LogP contribution in [-0.4, -0.2) is 6.54 Å². The van der Waals surface area contributed by atoms with Gasteiger partial charge in [-0.15, -0.1) is 0 Å². The third-order valence-corrected chi connectivity index (χ3v) is 3.54. The summed E-state index contributed by atoms with van der Waals surface area (Å²) in [5, 5.41) is 4.79. The van der Waals surface area contributed by atoms with Crippen molar-refractivity contribution >= 4 is 23.2 Å². The molecule has 1 nitrogen and oxygen atoms in total. The molecule has 1 saturated heterocycles. The van der Waals surface area contributed by atoms with Gasteiger partial charge in [0.15, 0.2) is 0 Å². The van der Waals surface area contributed by atoms with Crippen molar-refractivity contribution in [3.63, 3.8) is 0 Å². The van der Waals surface area contributed by atoms with Crippen molar-refractivity contribution in [2.75, 3.05) is 6.54 Å². The second-order valence-electron chi connectivity index (χ2n) is 3.94. The van der Waals surface area contributed by atoms with E-state index >= 15 is 0 Å². The molecule has 0 unspecified atom stereocenters. The summed E-state index contributed by atoms with van der Waals surface area (Å²) in [7, 11) is 0. The number of hydrogen-bond acceptors (Lipinski definition) is 1. The maximum atomic E-state index is 6.15. The van der Waals surface area contributed by atoms with Gasteiger partial charge in [0.25, 0.3) is 0 Å². The summed E-state index contributed by atoms with van der Waals surface area (Å²) in [5.74, 6) is 0.718. The van der Waals surface area contributed by atoms with Crippen molar-refractivity contribution in [2.45, 2.75) is 19.4 Å². The van der Waals surface area contributed by atoms with Gasteiger partial charge < -0.3 is 5.32 Å². The van der Waals surface area contributed by atoms with Crippen LogP contribution in [0.3, 0.4) is 0 Å². The highest BCUT2D eigenvalue weighted by Crippen LogP contribution is 2.34. The maximum Gasteiger partial charge on any atom is 0.0640 e. The first kappa shape index (κ1) is 10.3. The molecule has 1 heterocycles. The minimum absolute atomic E-state index is 0.371. The lowest BCUT2D eigenvalue weighted by molar-refractivity contribution is 0.612. The second-order valence-corrected chi connectivity index (χ2v) is 4.73. The van der Waals surface area contributed by atoms with Gasteiger partial charge in [-0.2, -0.15) is 0 Å². The average molecular weight is 230 g/mol. The van der Waals surface area contributed by atoms with Crippen LogP contribution in [0.5, 0.6) is 0 Å². The predicted molar refractivity (Wildman–Crippen MR) is 61.0 cm³/mol. The molecule has 0 amide bonds. The molecule has 14 heavy (non-hydrogen) atoms. The average Bonchev–Trinajstić information content (AvgIpc) is 2.57. The van der Waals surface area contributed by atoms with E-state index in [0.29, 0.717) is 16.1 Å². The zero-order valence-electron chi connectivity index (χ0n) is 8.06. The fraction of sp³-hybridized carbons (Fsp3) is 0.455. The fourth-order valence-electron chi connectivity index (χ4n) is 1.94.